The number of rotatable bonds is 5. The van der Waals surface area contributed by atoms with Crippen LogP contribution in [0.3, 0.4) is 0 Å². The van der Waals surface area contributed by atoms with Gasteiger partial charge < -0.3 is 10.2 Å². The van der Waals surface area contributed by atoms with Gasteiger partial charge in [0.1, 0.15) is 0 Å². The van der Waals surface area contributed by atoms with Crippen LogP contribution >= 0.6 is 0 Å². The van der Waals surface area contributed by atoms with Gasteiger partial charge in [-0.2, -0.15) is 0 Å². The maximum absolute atomic E-state index is 12.5. The van der Waals surface area contributed by atoms with Crippen molar-refractivity contribution in [2.45, 2.75) is 51.5 Å². The number of amides is 1. The molecule has 1 atom stereocenters. The highest BCUT2D eigenvalue weighted by atomic mass is 16.2. The molecule has 3 heteroatoms. The molecule has 0 aromatic heterocycles. The maximum atomic E-state index is 12.5. The van der Waals surface area contributed by atoms with Crippen LogP contribution in [0.5, 0.6) is 0 Å². The van der Waals surface area contributed by atoms with Crippen LogP contribution in [-0.4, -0.2) is 36.0 Å². The summed E-state index contributed by atoms with van der Waals surface area (Å²) in [6.07, 6.45) is 5.83. The van der Waals surface area contributed by atoms with Crippen LogP contribution in [0.25, 0.3) is 0 Å². The third-order valence-corrected chi connectivity index (χ3v) is 3.80. The predicted octanol–water partition coefficient (Wildman–Crippen LogP) is 1.78. The Morgan fingerprint density at radius 2 is 2.25 bits per heavy atom. The Labute approximate surface area is 98.6 Å². The van der Waals surface area contributed by atoms with Crippen molar-refractivity contribution in [1.82, 2.24) is 10.2 Å². The van der Waals surface area contributed by atoms with E-state index in [9.17, 15) is 4.79 Å². The van der Waals surface area contributed by atoms with Gasteiger partial charge in [0, 0.05) is 13.1 Å². The maximum Gasteiger partial charge on any atom is 0.242 e. The Bertz CT molecular complexity index is 255. The molecule has 1 unspecified atom stereocenters. The van der Waals surface area contributed by atoms with Crippen LogP contribution in [0.1, 0.15) is 46.0 Å². The Morgan fingerprint density at radius 1 is 1.50 bits per heavy atom. The quantitative estimate of drug-likeness (QED) is 0.772. The fraction of sp³-hybridized carbons (Fsp3) is 0.923. The summed E-state index contributed by atoms with van der Waals surface area (Å²) in [5, 5.41) is 3.37. The first kappa shape index (κ1) is 11.9. The predicted molar refractivity (Wildman–Crippen MR) is 65.2 cm³/mol. The van der Waals surface area contributed by atoms with Crippen LogP contribution in [0.4, 0.5) is 0 Å². The molecule has 2 rings (SSSR count). The number of hydrogen-bond acceptors (Lipinski definition) is 2. The van der Waals surface area contributed by atoms with Crippen molar-refractivity contribution >= 4 is 5.91 Å². The molecule has 0 aromatic carbocycles. The van der Waals surface area contributed by atoms with Crippen LogP contribution < -0.4 is 5.32 Å². The zero-order valence-electron chi connectivity index (χ0n) is 10.6. The number of hydrogen-bond donors (Lipinski definition) is 1. The second-order valence-corrected chi connectivity index (χ2v) is 5.56. The molecule has 16 heavy (non-hydrogen) atoms. The molecule has 0 spiro atoms. The van der Waals surface area contributed by atoms with Crippen molar-refractivity contribution in [2.24, 2.45) is 5.92 Å². The van der Waals surface area contributed by atoms with E-state index >= 15 is 0 Å². The lowest BCUT2D eigenvalue weighted by molar-refractivity contribution is -0.137. The standard InChI is InChI=1S/C13H24N2O/c1-3-9-15(10-11-5-6-11)12(16)13(2)7-4-8-14-13/h11,14H,3-10H2,1-2H3. The highest BCUT2D eigenvalue weighted by molar-refractivity contribution is 5.86. The van der Waals surface area contributed by atoms with Crippen LogP contribution in [0.2, 0.25) is 0 Å². The zero-order chi connectivity index (χ0) is 11.6. The molecule has 1 amide bonds. The summed E-state index contributed by atoms with van der Waals surface area (Å²) >= 11 is 0. The average molecular weight is 224 g/mol. The highest BCUT2D eigenvalue weighted by Crippen LogP contribution is 2.31. The van der Waals surface area contributed by atoms with Crippen molar-refractivity contribution in [3.8, 4) is 0 Å². The summed E-state index contributed by atoms with van der Waals surface area (Å²) in [7, 11) is 0. The van der Waals surface area contributed by atoms with E-state index in [2.05, 4.69) is 24.1 Å². The first-order valence-electron chi connectivity index (χ1n) is 6.70. The van der Waals surface area contributed by atoms with Gasteiger partial charge in [-0.05, 0) is 51.5 Å². The van der Waals surface area contributed by atoms with E-state index in [0.717, 1.165) is 44.8 Å². The van der Waals surface area contributed by atoms with Gasteiger partial charge in [-0.15, -0.1) is 0 Å². The molecule has 3 nitrogen and oxygen atoms in total. The number of nitrogens with zero attached hydrogens (tertiary/aromatic N) is 1. The third kappa shape index (κ3) is 2.57. The lowest BCUT2D eigenvalue weighted by Crippen LogP contribution is -2.53. The summed E-state index contributed by atoms with van der Waals surface area (Å²) < 4.78 is 0. The molecule has 0 bridgehead atoms. The SMILES string of the molecule is CCCN(CC1CC1)C(=O)C1(C)CCCN1. The molecule has 2 aliphatic rings. The van der Waals surface area contributed by atoms with E-state index in [1.807, 2.05) is 0 Å². The lowest BCUT2D eigenvalue weighted by Gasteiger charge is -2.32. The Morgan fingerprint density at radius 3 is 2.75 bits per heavy atom. The van der Waals surface area contributed by atoms with Crippen LogP contribution in [0.15, 0.2) is 0 Å². The topological polar surface area (TPSA) is 32.3 Å². The fourth-order valence-corrected chi connectivity index (χ4v) is 2.58. The largest absolute Gasteiger partial charge is 0.341 e. The van der Waals surface area contributed by atoms with Gasteiger partial charge in [0.15, 0.2) is 0 Å². The van der Waals surface area contributed by atoms with Gasteiger partial charge in [-0.1, -0.05) is 6.92 Å². The first-order chi connectivity index (χ1) is 7.65. The second kappa shape index (κ2) is 4.74. The molecule has 0 aromatic rings. The Kier molecular flexibility index (Phi) is 3.53. The van der Waals surface area contributed by atoms with Gasteiger partial charge >= 0.3 is 0 Å². The Hall–Kier alpha value is -0.570. The summed E-state index contributed by atoms with van der Waals surface area (Å²) in [5.41, 5.74) is -0.274. The van der Waals surface area contributed by atoms with E-state index in [1.54, 1.807) is 0 Å². The molecule has 1 aliphatic carbocycles. The summed E-state index contributed by atoms with van der Waals surface area (Å²) in [5.74, 6) is 1.12. The van der Waals surface area contributed by atoms with Crippen molar-refractivity contribution in [3.63, 3.8) is 0 Å². The minimum absolute atomic E-state index is 0.274. The van der Waals surface area contributed by atoms with Crippen molar-refractivity contribution < 1.29 is 4.79 Å². The molecular weight excluding hydrogens is 200 g/mol. The summed E-state index contributed by atoms with van der Waals surface area (Å²) in [6, 6.07) is 0. The molecule has 1 saturated carbocycles. The van der Waals surface area contributed by atoms with Crippen LogP contribution in [0, 0.1) is 5.92 Å². The molecule has 1 saturated heterocycles. The summed E-state index contributed by atoms with van der Waals surface area (Å²) in [4.78, 5) is 14.6. The van der Waals surface area contributed by atoms with E-state index in [1.165, 1.54) is 12.8 Å². The summed E-state index contributed by atoms with van der Waals surface area (Å²) in [6.45, 7) is 7.12. The van der Waals surface area contributed by atoms with Gasteiger partial charge in [-0.25, -0.2) is 0 Å². The smallest absolute Gasteiger partial charge is 0.242 e. The molecule has 0 radical (unpaired) electrons. The van der Waals surface area contributed by atoms with Crippen molar-refractivity contribution in [3.05, 3.63) is 0 Å². The number of nitrogens with one attached hydrogen (secondary N) is 1. The molecule has 1 aliphatic heterocycles. The monoisotopic (exact) mass is 224 g/mol. The highest BCUT2D eigenvalue weighted by Gasteiger charge is 2.39. The minimum Gasteiger partial charge on any atom is -0.341 e. The Balaban J connectivity index is 1.96. The molecule has 92 valence electrons. The van der Waals surface area contributed by atoms with Gasteiger partial charge in [-0.3, -0.25) is 4.79 Å². The van der Waals surface area contributed by atoms with Gasteiger partial charge in [0.05, 0.1) is 5.54 Å². The fourth-order valence-electron chi connectivity index (χ4n) is 2.58. The number of carbonyl (C=O) groups is 1. The minimum atomic E-state index is -0.274. The van der Waals surface area contributed by atoms with Crippen molar-refractivity contribution in [1.29, 1.82) is 0 Å². The molecule has 1 heterocycles. The third-order valence-electron chi connectivity index (χ3n) is 3.80. The second-order valence-electron chi connectivity index (χ2n) is 5.56. The van der Waals surface area contributed by atoms with Gasteiger partial charge in [0.25, 0.3) is 0 Å². The average Bonchev–Trinajstić information content (AvgIpc) is 2.97. The van der Waals surface area contributed by atoms with E-state index in [0.29, 0.717) is 5.91 Å². The number of carbonyl (C=O) groups excluding carboxylic acids is 1. The van der Waals surface area contributed by atoms with Crippen molar-refractivity contribution in [2.75, 3.05) is 19.6 Å². The first-order valence-corrected chi connectivity index (χ1v) is 6.70. The molecule has 2 fully saturated rings. The molecule has 1 N–H and O–H groups in total. The van der Waals surface area contributed by atoms with E-state index in [-0.39, 0.29) is 5.54 Å². The normalized spacial score (nSPS) is 29.4. The zero-order valence-corrected chi connectivity index (χ0v) is 10.6. The van der Waals surface area contributed by atoms with E-state index < -0.39 is 0 Å². The van der Waals surface area contributed by atoms with E-state index in [4.69, 9.17) is 0 Å². The van der Waals surface area contributed by atoms with Gasteiger partial charge in [0.2, 0.25) is 5.91 Å². The molecular formula is C13H24N2O. The van der Waals surface area contributed by atoms with Crippen LogP contribution in [-0.2, 0) is 4.79 Å². The lowest BCUT2D eigenvalue weighted by atomic mass is 9.98.